The van der Waals surface area contributed by atoms with Crippen molar-refractivity contribution in [2.45, 2.75) is 111 Å². The lowest BCUT2D eigenvalue weighted by Gasteiger charge is -2.28. The van der Waals surface area contributed by atoms with Gasteiger partial charge in [-0.3, -0.25) is 0 Å². The average molecular weight is 411 g/mol. The number of hydrogen-bond donors (Lipinski definition) is 0. The summed E-state index contributed by atoms with van der Waals surface area (Å²) in [5, 5.41) is 0. The molecule has 0 saturated carbocycles. The Morgan fingerprint density at radius 3 is 1.38 bits per heavy atom. The monoisotopic (exact) mass is 410 g/mol. The first kappa shape index (κ1) is 28.4. The summed E-state index contributed by atoms with van der Waals surface area (Å²) >= 11 is 0. The molecular weight excluding hydrogens is 360 g/mol. The van der Waals surface area contributed by atoms with E-state index in [9.17, 15) is 0 Å². The Balaban J connectivity index is 3.86. The van der Waals surface area contributed by atoms with Crippen LogP contribution in [0.1, 0.15) is 111 Å². The zero-order chi connectivity index (χ0) is 21.5. The molecule has 0 saturated heterocycles. The van der Waals surface area contributed by atoms with E-state index < -0.39 is 0 Å². The van der Waals surface area contributed by atoms with Crippen molar-refractivity contribution in [1.82, 2.24) is 0 Å². The summed E-state index contributed by atoms with van der Waals surface area (Å²) in [5.41, 5.74) is -0.126. The molecule has 3 nitrogen and oxygen atoms in total. The standard InChI is InChI=1S/C26H50O3/c1-5-8-10-12-14-16-18-21-28-24-26(4,23-27-20-7-3)25-29-22-19-17-15-13-11-9-6-2/h3H,5-6,8-25H2,1-2,4H3. The molecule has 0 rings (SSSR count). The third kappa shape index (κ3) is 20.5. The molecule has 3 heteroatoms. The molecule has 0 aromatic heterocycles. The highest BCUT2D eigenvalue weighted by molar-refractivity contribution is 4.84. The van der Waals surface area contributed by atoms with Crippen LogP contribution >= 0.6 is 0 Å². The number of hydrogen-bond acceptors (Lipinski definition) is 3. The second kappa shape index (κ2) is 22.1. The maximum Gasteiger partial charge on any atom is 0.107 e. The summed E-state index contributed by atoms with van der Waals surface area (Å²) in [5.74, 6) is 2.55. The fourth-order valence-corrected chi connectivity index (χ4v) is 3.44. The third-order valence-electron chi connectivity index (χ3n) is 5.32. The van der Waals surface area contributed by atoms with Crippen LogP contribution in [0.5, 0.6) is 0 Å². The zero-order valence-electron chi connectivity index (χ0n) is 19.9. The molecule has 0 fully saturated rings. The molecule has 172 valence electrons. The minimum Gasteiger partial charge on any atom is -0.381 e. The van der Waals surface area contributed by atoms with Gasteiger partial charge >= 0.3 is 0 Å². The van der Waals surface area contributed by atoms with Gasteiger partial charge in [0.2, 0.25) is 0 Å². The predicted octanol–water partition coefficient (Wildman–Crippen LogP) is 7.18. The first-order valence-corrected chi connectivity index (χ1v) is 12.3. The Kier molecular flexibility index (Phi) is 21.7. The summed E-state index contributed by atoms with van der Waals surface area (Å²) in [6.07, 6.45) is 23.6. The molecule has 0 aromatic rings. The van der Waals surface area contributed by atoms with Crippen LogP contribution in [0.3, 0.4) is 0 Å². The van der Waals surface area contributed by atoms with Crippen LogP contribution in [0.25, 0.3) is 0 Å². The van der Waals surface area contributed by atoms with E-state index in [1.165, 1.54) is 77.0 Å². The molecular formula is C26H50O3. The molecule has 0 aliphatic heterocycles. The normalized spacial score (nSPS) is 11.7. The lowest BCUT2D eigenvalue weighted by molar-refractivity contribution is -0.0559. The average Bonchev–Trinajstić information content (AvgIpc) is 2.72. The molecule has 0 radical (unpaired) electrons. The number of unbranched alkanes of at least 4 members (excludes halogenated alkanes) is 12. The Bertz CT molecular complexity index is 339. The van der Waals surface area contributed by atoms with Crippen LogP contribution in [0, 0.1) is 17.8 Å². The Morgan fingerprint density at radius 1 is 0.586 bits per heavy atom. The van der Waals surface area contributed by atoms with Crippen molar-refractivity contribution in [2.75, 3.05) is 39.6 Å². The van der Waals surface area contributed by atoms with E-state index in [0.717, 1.165) is 26.1 Å². The van der Waals surface area contributed by atoms with Gasteiger partial charge in [-0.1, -0.05) is 104 Å². The van der Waals surface area contributed by atoms with E-state index in [-0.39, 0.29) is 5.41 Å². The van der Waals surface area contributed by atoms with Crippen molar-refractivity contribution in [1.29, 1.82) is 0 Å². The molecule has 0 N–H and O–H groups in total. The predicted molar refractivity (Wildman–Crippen MR) is 125 cm³/mol. The molecule has 0 aliphatic rings. The van der Waals surface area contributed by atoms with Crippen molar-refractivity contribution in [3.05, 3.63) is 0 Å². The van der Waals surface area contributed by atoms with Gasteiger partial charge in [0.1, 0.15) is 6.61 Å². The Labute approximate surface area is 182 Å². The Morgan fingerprint density at radius 2 is 0.966 bits per heavy atom. The molecule has 0 atom stereocenters. The topological polar surface area (TPSA) is 27.7 Å². The fourth-order valence-electron chi connectivity index (χ4n) is 3.44. The summed E-state index contributed by atoms with van der Waals surface area (Å²) in [6, 6.07) is 0. The number of terminal acetylenes is 1. The van der Waals surface area contributed by atoms with Gasteiger partial charge < -0.3 is 14.2 Å². The minimum atomic E-state index is -0.126. The van der Waals surface area contributed by atoms with Gasteiger partial charge in [0, 0.05) is 18.6 Å². The second-order valence-corrected chi connectivity index (χ2v) is 8.86. The maximum absolute atomic E-state index is 5.98. The highest BCUT2D eigenvalue weighted by Gasteiger charge is 2.25. The molecule has 0 amide bonds. The maximum atomic E-state index is 5.98. The van der Waals surface area contributed by atoms with E-state index in [4.69, 9.17) is 20.6 Å². The summed E-state index contributed by atoms with van der Waals surface area (Å²) in [4.78, 5) is 0. The van der Waals surface area contributed by atoms with Gasteiger partial charge in [0.25, 0.3) is 0 Å². The largest absolute Gasteiger partial charge is 0.381 e. The lowest BCUT2D eigenvalue weighted by atomic mass is 9.94. The summed E-state index contributed by atoms with van der Waals surface area (Å²) in [7, 11) is 0. The van der Waals surface area contributed by atoms with Crippen LogP contribution < -0.4 is 0 Å². The lowest BCUT2D eigenvalue weighted by Crippen LogP contribution is -2.34. The quantitative estimate of drug-likeness (QED) is 0.132. The van der Waals surface area contributed by atoms with Crippen molar-refractivity contribution in [2.24, 2.45) is 5.41 Å². The molecule has 29 heavy (non-hydrogen) atoms. The van der Waals surface area contributed by atoms with Crippen LogP contribution in [0.4, 0.5) is 0 Å². The number of rotatable bonds is 23. The molecule has 0 heterocycles. The SMILES string of the molecule is C#CCOCC(C)(COCCCCCCCCC)COCCCCCCCCC. The van der Waals surface area contributed by atoms with Gasteiger partial charge in [-0.25, -0.2) is 0 Å². The molecule has 0 spiro atoms. The van der Waals surface area contributed by atoms with Gasteiger partial charge in [-0.05, 0) is 12.8 Å². The van der Waals surface area contributed by atoms with E-state index >= 15 is 0 Å². The van der Waals surface area contributed by atoms with Crippen molar-refractivity contribution in [3.63, 3.8) is 0 Å². The second-order valence-electron chi connectivity index (χ2n) is 8.86. The molecule has 0 unspecified atom stereocenters. The van der Waals surface area contributed by atoms with Gasteiger partial charge in [0.05, 0.1) is 19.8 Å². The highest BCUT2D eigenvalue weighted by atomic mass is 16.5. The summed E-state index contributed by atoms with van der Waals surface area (Å²) < 4.78 is 17.6. The van der Waals surface area contributed by atoms with Crippen LogP contribution in [-0.2, 0) is 14.2 Å². The van der Waals surface area contributed by atoms with Crippen LogP contribution in [-0.4, -0.2) is 39.6 Å². The summed E-state index contributed by atoms with van der Waals surface area (Å²) in [6.45, 7) is 10.6. The van der Waals surface area contributed by atoms with Gasteiger partial charge in [-0.2, -0.15) is 0 Å². The van der Waals surface area contributed by atoms with Crippen LogP contribution in [0.2, 0.25) is 0 Å². The smallest absolute Gasteiger partial charge is 0.107 e. The first-order chi connectivity index (χ1) is 14.2. The molecule has 0 aliphatic carbocycles. The van der Waals surface area contributed by atoms with Gasteiger partial charge in [0.15, 0.2) is 0 Å². The van der Waals surface area contributed by atoms with Crippen molar-refractivity contribution < 1.29 is 14.2 Å². The van der Waals surface area contributed by atoms with Crippen LogP contribution in [0.15, 0.2) is 0 Å². The fraction of sp³-hybridized carbons (Fsp3) is 0.923. The first-order valence-electron chi connectivity index (χ1n) is 12.3. The van der Waals surface area contributed by atoms with Gasteiger partial charge in [-0.15, -0.1) is 6.42 Å². The number of ether oxygens (including phenoxy) is 3. The van der Waals surface area contributed by atoms with E-state index in [1.807, 2.05) is 0 Å². The molecule has 0 aromatic carbocycles. The highest BCUT2D eigenvalue weighted by Crippen LogP contribution is 2.19. The Hall–Kier alpha value is -0.560. The zero-order valence-corrected chi connectivity index (χ0v) is 19.9. The van der Waals surface area contributed by atoms with E-state index in [1.54, 1.807) is 0 Å². The minimum absolute atomic E-state index is 0.126. The third-order valence-corrected chi connectivity index (χ3v) is 5.32. The van der Waals surface area contributed by atoms with E-state index in [2.05, 4.69) is 26.7 Å². The van der Waals surface area contributed by atoms with Crippen molar-refractivity contribution >= 4 is 0 Å². The van der Waals surface area contributed by atoms with E-state index in [0.29, 0.717) is 26.4 Å². The molecule has 0 bridgehead atoms. The van der Waals surface area contributed by atoms with Crippen molar-refractivity contribution in [3.8, 4) is 12.3 Å².